The topological polar surface area (TPSA) is 76.4 Å². The average Bonchev–Trinajstić information content (AvgIpc) is 2.48. The second-order valence-electron chi connectivity index (χ2n) is 5.70. The summed E-state index contributed by atoms with van der Waals surface area (Å²) in [6.45, 7) is 2.97. The van der Waals surface area contributed by atoms with Crippen LogP contribution in [0, 0.1) is 23.1 Å². The number of amides is 1. The van der Waals surface area contributed by atoms with Gasteiger partial charge in [0.05, 0.1) is 11.6 Å². The summed E-state index contributed by atoms with van der Waals surface area (Å²) in [5.74, 6) is 0.161. The summed E-state index contributed by atoms with van der Waals surface area (Å²) in [5.41, 5.74) is 1.17. The highest BCUT2D eigenvalue weighted by molar-refractivity contribution is 5.64. The molecule has 0 aliphatic carbocycles. The summed E-state index contributed by atoms with van der Waals surface area (Å²) in [6, 6.07) is 6.42. The third kappa shape index (κ3) is 5.01. The maximum atomic E-state index is 13.4. The van der Waals surface area contributed by atoms with Crippen molar-refractivity contribution in [3.05, 3.63) is 35.1 Å². The van der Waals surface area contributed by atoms with E-state index in [4.69, 9.17) is 10.4 Å². The van der Waals surface area contributed by atoms with E-state index in [2.05, 4.69) is 10.2 Å². The van der Waals surface area contributed by atoms with E-state index in [1.807, 2.05) is 6.07 Å². The second kappa shape index (κ2) is 7.76. The molecule has 1 amide bonds. The highest BCUT2D eigenvalue weighted by Crippen LogP contribution is 2.22. The Hall–Kier alpha value is -2.13. The van der Waals surface area contributed by atoms with Crippen molar-refractivity contribution in [3.63, 3.8) is 0 Å². The highest BCUT2D eigenvalue weighted by atomic mass is 19.1. The van der Waals surface area contributed by atoms with E-state index in [9.17, 15) is 9.18 Å². The van der Waals surface area contributed by atoms with Crippen molar-refractivity contribution in [2.45, 2.75) is 25.8 Å². The number of hydrogen-bond donors (Lipinski definition) is 2. The molecule has 0 aromatic heterocycles. The Bertz CT molecular complexity index is 563. The Morgan fingerprint density at radius 2 is 2.14 bits per heavy atom. The van der Waals surface area contributed by atoms with Crippen molar-refractivity contribution >= 4 is 6.09 Å². The molecule has 118 valence electrons. The molecule has 1 fully saturated rings. The number of carboxylic acid groups (broad SMARTS) is 1. The highest BCUT2D eigenvalue weighted by Gasteiger charge is 2.19. The van der Waals surface area contributed by atoms with Crippen molar-refractivity contribution in [3.8, 4) is 6.07 Å². The molecule has 22 heavy (non-hydrogen) atoms. The van der Waals surface area contributed by atoms with Crippen LogP contribution < -0.4 is 5.32 Å². The molecule has 1 aliphatic heterocycles. The van der Waals surface area contributed by atoms with Gasteiger partial charge in [0.2, 0.25) is 0 Å². The molecule has 1 aliphatic rings. The molecule has 5 nitrogen and oxygen atoms in total. The van der Waals surface area contributed by atoms with E-state index in [0.717, 1.165) is 37.9 Å². The molecule has 0 spiro atoms. The number of halogens is 1. The number of piperidine rings is 1. The van der Waals surface area contributed by atoms with Crippen molar-refractivity contribution in [2.24, 2.45) is 5.92 Å². The fraction of sp³-hybridized carbons (Fsp3) is 0.500. The Labute approximate surface area is 129 Å². The zero-order chi connectivity index (χ0) is 15.9. The zero-order valence-corrected chi connectivity index (χ0v) is 12.4. The van der Waals surface area contributed by atoms with Crippen LogP contribution in [-0.2, 0) is 6.54 Å². The molecular formula is C16H20FN3O2. The van der Waals surface area contributed by atoms with Crippen LogP contribution in [0.15, 0.2) is 18.2 Å². The summed E-state index contributed by atoms with van der Waals surface area (Å²) in [4.78, 5) is 12.7. The lowest BCUT2D eigenvalue weighted by atomic mass is 9.93. The van der Waals surface area contributed by atoms with E-state index >= 15 is 0 Å². The largest absolute Gasteiger partial charge is 0.465 e. The molecule has 0 bridgehead atoms. The molecule has 2 N–H and O–H groups in total. The minimum absolute atomic E-state index is 0.352. The number of likely N-dealkylation sites (tertiary alicyclic amines) is 1. The Balaban J connectivity index is 1.79. The molecule has 1 aromatic rings. The van der Waals surface area contributed by atoms with Crippen molar-refractivity contribution < 1.29 is 14.3 Å². The van der Waals surface area contributed by atoms with E-state index in [1.165, 1.54) is 12.1 Å². The summed E-state index contributed by atoms with van der Waals surface area (Å²) < 4.78 is 13.4. The third-order valence-electron chi connectivity index (χ3n) is 4.03. The van der Waals surface area contributed by atoms with Crippen LogP contribution in [0.5, 0.6) is 0 Å². The van der Waals surface area contributed by atoms with Gasteiger partial charge in [-0.1, -0.05) is 0 Å². The Kier molecular flexibility index (Phi) is 5.73. The van der Waals surface area contributed by atoms with E-state index in [-0.39, 0.29) is 5.82 Å². The first-order chi connectivity index (χ1) is 10.6. The van der Waals surface area contributed by atoms with Crippen LogP contribution in [0.3, 0.4) is 0 Å². The van der Waals surface area contributed by atoms with Gasteiger partial charge < -0.3 is 10.4 Å². The van der Waals surface area contributed by atoms with E-state index in [1.54, 1.807) is 6.07 Å². The quantitative estimate of drug-likeness (QED) is 0.876. The van der Waals surface area contributed by atoms with Crippen LogP contribution in [0.25, 0.3) is 0 Å². The number of benzene rings is 1. The molecule has 1 saturated heterocycles. The minimum atomic E-state index is -0.975. The van der Waals surface area contributed by atoms with Gasteiger partial charge in [0.15, 0.2) is 0 Å². The predicted octanol–water partition coefficient (Wildman–Crippen LogP) is 2.57. The maximum Gasteiger partial charge on any atom is 0.404 e. The molecule has 6 heteroatoms. The van der Waals surface area contributed by atoms with Crippen LogP contribution in [-0.4, -0.2) is 35.7 Å². The van der Waals surface area contributed by atoms with Gasteiger partial charge in [-0.15, -0.1) is 0 Å². The summed E-state index contributed by atoms with van der Waals surface area (Å²) in [6.07, 6.45) is 1.92. The molecule has 2 rings (SSSR count). The smallest absolute Gasteiger partial charge is 0.404 e. The second-order valence-corrected chi connectivity index (χ2v) is 5.70. The van der Waals surface area contributed by atoms with Crippen LogP contribution in [0.4, 0.5) is 9.18 Å². The molecule has 0 atom stereocenters. The van der Waals surface area contributed by atoms with E-state index in [0.29, 0.717) is 24.6 Å². The van der Waals surface area contributed by atoms with Gasteiger partial charge in [0, 0.05) is 13.1 Å². The molecule has 0 radical (unpaired) electrons. The van der Waals surface area contributed by atoms with Gasteiger partial charge in [-0.05, 0) is 62.0 Å². The van der Waals surface area contributed by atoms with Gasteiger partial charge in [-0.3, -0.25) is 4.90 Å². The SMILES string of the molecule is N#Cc1cc(F)cc(CN2CCC(CCNC(=O)O)CC2)c1. The number of nitrogens with one attached hydrogen (secondary N) is 1. The lowest BCUT2D eigenvalue weighted by Crippen LogP contribution is -2.34. The normalized spacial score (nSPS) is 16.2. The standard InChI is InChI=1S/C16H20FN3O2/c17-15-8-13(10-18)7-14(9-15)11-20-5-2-12(3-6-20)1-4-19-16(21)22/h7-9,12,19H,1-6,11H2,(H,21,22). The summed E-state index contributed by atoms with van der Waals surface area (Å²) in [5, 5.41) is 19.8. The van der Waals surface area contributed by atoms with Crippen molar-refractivity contribution in [2.75, 3.05) is 19.6 Å². The van der Waals surface area contributed by atoms with E-state index < -0.39 is 6.09 Å². The minimum Gasteiger partial charge on any atom is -0.465 e. The number of hydrogen-bond acceptors (Lipinski definition) is 3. The van der Waals surface area contributed by atoms with Crippen LogP contribution in [0.1, 0.15) is 30.4 Å². The van der Waals surface area contributed by atoms with Crippen molar-refractivity contribution in [1.82, 2.24) is 10.2 Å². The molecular weight excluding hydrogens is 285 g/mol. The molecule has 1 aromatic carbocycles. The molecule has 0 saturated carbocycles. The molecule has 0 unspecified atom stereocenters. The number of nitrogens with zero attached hydrogens (tertiary/aromatic N) is 2. The van der Waals surface area contributed by atoms with Crippen LogP contribution >= 0.6 is 0 Å². The monoisotopic (exact) mass is 305 g/mol. The maximum absolute atomic E-state index is 13.4. The van der Waals surface area contributed by atoms with Gasteiger partial charge in [-0.25, -0.2) is 9.18 Å². The first kappa shape index (κ1) is 16.2. The Morgan fingerprint density at radius 3 is 2.77 bits per heavy atom. The lowest BCUT2D eigenvalue weighted by Gasteiger charge is -2.32. The lowest BCUT2D eigenvalue weighted by molar-refractivity contribution is 0.168. The first-order valence-electron chi connectivity index (χ1n) is 7.45. The number of nitriles is 1. The first-order valence-corrected chi connectivity index (χ1v) is 7.45. The molecule has 1 heterocycles. The van der Waals surface area contributed by atoms with Crippen molar-refractivity contribution in [1.29, 1.82) is 5.26 Å². The summed E-state index contributed by atoms with van der Waals surface area (Å²) in [7, 11) is 0. The average molecular weight is 305 g/mol. The van der Waals surface area contributed by atoms with Gasteiger partial charge in [0.25, 0.3) is 0 Å². The third-order valence-corrected chi connectivity index (χ3v) is 4.03. The Morgan fingerprint density at radius 1 is 1.41 bits per heavy atom. The fourth-order valence-electron chi connectivity index (χ4n) is 2.88. The van der Waals surface area contributed by atoms with Gasteiger partial charge in [-0.2, -0.15) is 5.26 Å². The van der Waals surface area contributed by atoms with Crippen LogP contribution in [0.2, 0.25) is 0 Å². The fourth-order valence-corrected chi connectivity index (χ4v) is 2.88. The summed E-state index contributed by atoms with van der Waals surface area (Å²) >= 11 is 0. The van der Waals surface area contributed by atoms with Gasteiger partial charge >= 0.3 is 6.09 Å². The number of carbonyl (C=O) groups is 1. The number of rotatable bonds is 5. The van der Waals surface area contributed by atoms with Gasteiger partial charge in [0.1, 0.15) is 5.82 Å². The zero-order valence-electron chi connectivity index (χ0n) is 12.4. The predicted molar refractivity (Wildman–Crippen MR) is 79.8 cm³/mol.